The van der Waals surface area contributed by atoms with Crippen molar-refractivity contribution in [2.24, 2.45) is 0 Å². The van der Waals surface area contributed by atoms with E-state index in [2.05, 4.69) is 27.6 Å². The van der Waals surface area contributed by atoms with Gasteiger partial charge >= 0.3 is 0 Å². The predicted molar refractivity (Wildman–Crippen MR) is 66.9 cm³/mol. The molecular weight excluding hydrogens is 236 g/mol. The van der Waals surface area contributed by atoms with Gasteiger partial charge in [0.25, 0.3) is 0 Å². The number of nitrogens with zero attached hydrogens (tertiary/aromatic N) is 4. The van der Waals surface area contributed by atoms with Gasteiger partial charge in [-0.1, -0.05) is 35.9 Å². The van der Waals surface area contributed by atoms with Crippen LogP contribution in [0, 0.1) is 0 Å². The van der Waals surface area contributed by atoms with E-state index in [1.54, 1.807) is 6.33 Å². The van der Waals surface area contributed by atoms with Gasteiger partial charge in [-0.05, 0) is 12.8 Å². The molecule has 17 heavy (non-hydrogen) atoms. The van der Waals surface area contributed by atoms with Gasteiger partial charge in [-0.2, -0.15) is 0 Å². The molecule has 0 amide bonds. The Bertz CT molecular complexity index is 614. The average molecular weight is 247 g/mol. The van der Waals surface area contributed by atoms with Gasteiger partial charge in [0.15, 0.2) is 10.8 Å². The Morgan fingerprint density at radius 2 is 2.29 bits per heavy atom. The van der Waals surface area contributed by atoms with Crippen molar-refractivity contribution < 1.29 is 0 Å². The molecule has 0 radical (unpaired) electrons. The van der Waals surface area contributed by atoms with E-state index in [1.807, 2.05) is 10.6 Å². The third-order valence-corrected chi connectivity index (χ3v) is 3.35. The summed E-state index contributed by atoms with van der Waals surface area (Å²) in [6.07, 6.45) is 9.45. The largest absolute Gasteiger partial charge is 0.308 e. The number of fused-ring (bicyclic) bond motifs is 1. The predicted octanol–water partition coefficient (Wildman–Crippen LogP) is 2.93. The van der Waals surface area contributed by atoms with E-state index in [1.165, 1.54) is 11.9 Å². The van der Waals surface area contributed by atoms with Crippen molar-refractivity contribution in [3.8, 4) is 0 Å². The van der Waals surface area contributed by atoms with E-state index >= 15 is 0 Å². The second-order valence-corrected chi connectivity index (χ2v) is 4.40. The molecule has 5 heteroatoms. The molecule has 1 unspecified atom stereocenters. The van der Waals surface area contributed by atoms with Crippen LogP contribution < -0.4 is 0 Å². The summed E-state index contributed by atoms with van der Waals surface area (Å²) >= 11 is 5.97. The molecule has 0 saturated carbocycles. The Balaban J connectivity index is 2.10. The Morgan fingerprint density at radius 3 is 3.06 bits per heavy atom. The van der Waals surface area contributed by atoms with E-state index in [0.717, 1.165) is 18.5 Å². The lowest BCUT2D eigenvalue weighted by atomic mass is 10.2. The summed E-state index contributed by atoms with van der Waals surface area (Å²) < 4.78 is 2.04. The lowest BCUT2D eigenvalue weighted by Crippen LogP contribution is -2.02. The minimum atomic E-state index is 0.291. The molecule has 0 spiro atoms. The number of hydrogen-bond acceptors (Lipinski definition) is 3. The van der Waals surface area contributed by atoms with Crippen molar-refractivity contribution in [2.45, 2.75) is 18.9 Å². The van der Waals surface area contributed by atoms with Gasteiger partial charge < -0.3 is 4.57 Å². The maximum atomic E-state index is 5.97. The number of hydrogen-bond donors (Lipinski definition) is 0. The van der Waals surface area contributed by atoms with Crippen molar-refractivity contribution in [2.75, 3.05) is 0 Å². The van der Waals surface area contributed by atoms with Crippen LogP contribution in [0.4, 0.5) is 0 Å². The zero-order valence-electron chi connectivity index (χ0n) is 9.17. The molecule has 3 rings (SSSR count). The number of imidazole rings is 1. The standard InChI is InChI=1S/C12H11ClN4/c1-2-8-3-4-9(5-8)17-7-16-10-11(13)14-6-15-12(10)17/h2,5-7,9H,1,3-4H2. The molecule has 2 aromatic rings. The lowest BCUT2D eigenvalue weighted by molar-refractivity contribution is 0.601. The van der Waals surface area contributed by atoms with Gasteiger partial charge in [0.1, 0.15) is 11.8 Å². The molecule has 0 N–H and O–H groups in total. The topological polar surface area (TPSA) is 43.6 Å². The quantitative estimate of drug-likeness (QED) is 0.766. The number of allylic oxidation sites excluding steroid dienone is 3. The maximum absolute atomic E-state index is 5.97. The highest BCUT2D eigenvalue weighted by molar-refractivity contribution is 6.33. The van der Waals surface area contributed by atoms with E-state index in [-0.39, 0.29) is 0 Å². The van der Waals surface area contributed by atoms with Crippen molar-refractivity contribution in [1.29, 1.82) is 0 Å². The Labute approximate surface area is 104 Å². The second kappa shape index (κ2) is 3.96. The molecule has 0 aliphatic heterocycles. The molecule has 0 fully saturated rings. The first-order chi connectivity index (χ1) is 8.29. The van der Waals surface area contributed by atoms with Crippen molar-refractivity contribution in [3.63, 3.8) is 0 Å². The monoisotopic (exact) mass is 246 g/mol. The molecule has 1 atom stereocenters. The summed E-state index contributed by atoms with van der Waals surface area (Å²) in [5.41, 5.74) is 2.73. The first-order valence-corrected chi connectivity index (χ1v) is 5.83. The fourth-order valence-electron chi connectivity index (χ4n) is 2.18. The molecule has 2 aromatic heterocycles. The van der Waals surface area contributed by atoms with E-state index < -0.39 is 0 Å². The summed E-state index contributed by atoms with van der Waals surface area (Å²) in [4.78, 5) is 12.4. The third kappa shape index (κ3) is 1.65. The highest BCUT2D eigenvalue weighted by Gasteiger charge is 2.19. The smallest absolute Gasteiger partial charge is 0.165 e. The fourth-order valence-corrected chi connectivity index (χ4v) is 2.36. The highest BCUT2D eigenvalue weighted by Crippen LogP contribution is 2.31. The van der Waals surface area contributed by atoms with Crippen molar-refractivity contribution in [3.05, 3.63) is 42.1 Å². The summed E-state index contributed by atoms with van der Waals surface area (Å²) in [6, 6.07) is 0.291. The zero-order valence-corrected chi connectivity index (χ0v) is 9.93. The van der Waals surface area contributed by atoms with E-state index in [0.29, 0.717) is 16.7 Å². The normalized spacial score (nSPS) is 19.6. The molecule has 1 aliphatic rings. The number of halogens is 1. The summed E-state index contributed by atoms with van der Waals surface area (Å²) in [6.45, 7) is 3.79. The molecule has 0 bridgehead atoms. The molecule has 0 saturated heterocycles. The average Bonchev–Trinajstić information content (AvgIpc) is 2.94. The molecule has 0 aromatic carbocycles. The Morgan fingerprint density at radius 1 is 1.41 bits per heavy atom. The SMILES string of the molecule is C=CC1=CC(n2cnc3c(Cl)ncnc32)CC1. The van der Waals surface area contributed by atoms with Gasteiger partial charge in [-0.3, -0.25) is 0 Å². The molecular formula is C12H11ClN4. The van der Waals surface area contributed by atoms with E-state index in [9.17, 15) is 0 Å². The first kappa shape index (κ1) is 10.5. The van der Waals surface area contributed by atoms with Gasteiger partial charge in [0.05, 0.1) is 12.4 Å². The van der Waals surface area contributed by atoms with E-state index in [4.69, 9.17) is 11.6 Å². The van der Waals surface area contributed by atoms with Crippen LogP contribution in [0.5, 0.6) is 0 Å². The summed E-state index contributed by atoms with van der Waals surface area (Å²) in [7, 11) is 0. The van der Waals surface area contributed by atoms with Crippen LogP contribution in [0.25, 0.3) is 11.2 Å². The van der Waals surface area contributed by atoms with Gasteiger partial charge in [-0.15, -0.1) is 0 Å². The minimum absolute atomic E-state index is 0.291. The fraction of sp³-hybridized carbons (Fsp3) is 0.250. The third-order valence-electron chi connectivity index (χ3n) is 3.07. The van der Waals surface area contributed by atoms with Crippen molar-refractivity contribution in [1.82, 2.24) is 19.5 Å². The molecule has 86 valence electrons. The second-order valence-electron chi connectivity index (χ2n) is 4.04. The first-order valence-electron chi connectivity index (χ1n) is 5.46. The number of aromatic nitrogens is 4. The van der Waals surface area contributed by atoms with Crippen LogP contribution in [-0.4, -0.2) is 19.5 Å². The molecule has 2 heterocycles. The Hall–Kier alpha value is -1.68. The van der Waals surface area contributed by atoms with Gasteiger partial charge in [0.2, 0.25) is 0 Å². The maximum Gasteiger partial charge on any atom is 0.165 e. The lowest BCUT2D eigenvalue weighted by Gasteiger charge is -2.09. The van der Waals surface area contributed by atoms with Crippen LogP contribution >= 0.6 is 11.6 Å². The number of rotatable bonds is 2. The van der Waals surface area contributed by atoms with Crippen LogP contribution in [0.1, 0.15) is 18.9 Å². The van der Waals surface area contributed by atoms with Crippen LogP contribution in [0.15, 0.2) is 37.0 Å². The van der Waals surface area contributed by atoms with Crippen molar-refractivity contribution >= 4 is 22.8 Å². The highest BCUT2D eigenvalue weighted by atomic mass is 35.5. The van der Waals surface area contributed by atoms with Gasteiger partial charge in [-0.25, -0.2) is 15.0 Å². The molecule has 1 aliphatic carbocycles. The summed E-state index contributed by atoms with van der Waals surface area (Å²) in [5.74, 6) is 0. The van der Waals surface area contributed by atoms with Crippen LogP contribution in [-0.2, 0) is 0 Å². The Kier molecular flexibility index (Phi) is 2.44. The van der Waals surface area contributed by atoms with Gasteiger partial charge in [0, 0.05) is 0 Å². The van der Waals surface area contributed by atoms with Crippen LogP contribution in [0.3, 0.4) is 0 Å². The minimum Gasteiger partial charge on any atom is -0.308 e. The summed E-state index contributed by atoms with van der Waals surface area (Å²) in [5, 5.41) is 0.402. The zero-order chi connectivity index (χ0) is 11.8. The van der Waals surface area contributed by atoms with Crippen LogP contribution in [0.2, 0.25) is 5.15 Å². The molecule has 4 nitrogen and oxygen atoms in total.